The SMILES string of the molecule is CC(=O)OC1C(C)OC(OCc2ccccc2)C(F)C1OC(C)=O. The summed E-state index contributed by atoms with van der Waals surface area (Å²) < 4.78 is 35.8. The molecule has 5 atom stereocenters. The molecule has 0 aromatic heterocycles. The van der Waals surface area contributed by atoms with Crippen molar-refractivity contribution in [3.8, 4) is 0 Å². The van der Waals surface area contributed by atoms with Gasteiger partial charge in [-0.05, 0) is 12.5 Å². The van der Waals surface area contributed by atoms with Crippen molar-refractivity contribution in [2.24, 2.45) is 0 Å². The monoisotopic (exact) mass is 340 g/mol. The average Bonchev–Trinajstić information content (AvgIpc) is 2.53. The Morgan fingerprint density at radius 2 is 1.67 bits per heavy atom. The van der Waals surface area contributed by atoms with E-state index in [4.69, 9.17) is 18.9 Å². The minimum atomic E-state index is -1.78. The minimum Gasteiger partial charge on any atom is -0.456 e. The summed E-state index contributed by atoms with van der Waals surface area (Å²) in [4.78, 5) is 22.5. The summed E-state index contributed by atoms with van der Waals surface area (Å²) in [7, 11) is 0. The lowest BCUT2D eigenvalue weighted by Crippen LogP contribution is -2.58. The molecule has 1 saturated heterocycles. The third kappa shape index (κ3) is 4.75. The zero-order valence-electron chi connectivity index (χ0n) is 13.8. The van der Waals surface area contributed by atoms with Gasteiger partial charge in [0.15, 0.2) is 24.7 Å². The van der Waals surface area contributed by atoms with Gasteiger partial charge in [0.05, 0.1) is 12.7 Å². The van der Waals surface area contributed by atoms with Crippen LogP contribution in [0.5, 0.6) is 0 Å². The van der Waals surface area contributed by atoms with E-state index in [0.29, 0.717) is 0 Å². The largest absolute Gasteiger partial charge is 0.456 e. The summed E-state index contributed by atoms with van der Waals surface area (Å²) in [6.07, 6.45) is -6.01. The molecule has 0 saturated carbocycles. The van der Waals surface area contributed by atoms with Gasteiger partial charge in [-0.3, -0.25) is 9.59 Å². The molecular formula is C17H21FO6. The van der Waals surface area contributed by atoms with E-state index >= 15 is 0 Å². The van der Waals surface area contributed by atoms with Crippen LogP contribution in [-0.2, 0) is 35.1 Å². The molecule has 132 valence electrons. The first-order valence-electron chi connectivity index (χ1n) is 7.68. The van der Waals surface area contributed by atoms with Crippen molar-refractivity contribution in [1.29, 1.82) is 0 Å². The highest BCUT2D eigenvalue weighted by Gasteiger charge is 2.49. The van der Waals surface area contributed by atoms with Gasteiger partial charge in [-0.2, -0.15) is 0 Å². The van der Waals surface area contributed by atoms with E-state index in [1.165, 1.54) is 6.92 Å². The predicted molar refractivity (Wildman–Crippen MR) is 81.6 cm³/mol. The van der Waals surface area contributed by atoms with Crippen LogP contribution in [-0.4, -0.2) is 42.7 Å². The Balaban J connectivity index is 2.08. The molecule has 0 bridgehead atoms. The van der Waals surface area contributed by atoms with Crippen molar-refractivity contribution < 1.29 is 32.9 Å². The Morgan fingerprint density at radius 1 is 1.08 bits per heavy atom. The third-order valence-corrected chi connectivity index (χ3v) is 3.57. The Bertz CT molecular complexity index is 563. The summed E-state index contributed by atoms with van der Waals surface area (Å²) in [5, 5.41) is 0. The molecule has 7 heteroatoms. The molecule has 0 amide bonds. The van der Waals surface area contributed by atoms with Gasteiger partial charge in [0.1, 0.15) is 0 Å². The van der Waals surface area contributed by atoms with Crippen LogP contribution >= 0.6 is 0 Å². The molecule has 1 heterocycles. The Morgan fingerprint density at radius 3 is 2.25 bits per heavy atom. The first-order chi connectivity index (χ1) is 11.4. The Kier molecular flexibility index (Phi) is 6.28. The maximum atomic E-state index is 14.7. The van der Waals surface area contributed by atoms with Crippen LogP contribution in [0, 0.1) is 0 Å². The molecule has 2 rings (SSSR count). The van der Waals surface area contributed by atoms with Gasteiger partial charge in [-0.1, -0.05) is 30.3 Å². The molecule has 0 spiro atoms. The summed E-state index contributed by atoms with van der Waals surface area (Å²) in [5.41, 5.74) is 0.854. The smallest absolute Gasteiger partial charge is 0.303 e. The van der Waals surface area contributed by atoms with Crippen LogP contribution in [0.4, 0.5) is 4.39 Å². The predicted octanol–water partition coefficient (Wildman–Crippen LogP) is 2.15. The summed E-state index contributed by atoms with van der Waals surface area (Å²) in [6, 6.07) is 9.22. The zero-order valence-corrected chi connectivity index (χ0v) is 13.8. The molecule has 1 aliphatic heterocycles. The molecule has 1 fully saturated rings. The Hall–Kier alpha value is -1.99. The molecule has 0 radical (unpaired) electrons. The van der Waals surface area contributed by atoms with Gasteiger partial charge in [0.2, 0.25) is 0 Å². The van der Waals surface area contributed by atoms with E-state index in [1.54, 1.807) is 6.92 Å². The number of carbonyl (C=O) groups excluding carboxylic acids is 2. The van der Waals surface area contributed by atoms with Crippen LogP contribution in [0.25, 0.3) is 0 Å². The summed E-state index contributed by atoms with van der Waals surface area (Å²) in [5.74, 6) is -1.28. The Labute approximate surface area is 139 Å². The fraction of sp³-hybridized carbons (Fsp3) is 0.529. The molecule has 0 aliphatic carbocycles. The van der Waals surface area contributed by atoms with Crippen molar-refractivity contribution >= 4 is 11.9 Å². The molecule has 24 heavy (non-hydrogen) atoms. The number of benzene rings is 1. The van der Waals surface area contributed by atoms with Crippen molar-refractivity contribution in [1.82, 2.24) is 0 Å². The molecule has 0 N–H and O–H groups in total. The average molecular weight is 340 g/mol. The molecule has 6 nitrogen and oxygen atoms in total. The van der Waals surface area contributed by atoms with E-state index < -0.39 is 42.7 Å². The maximum absolute atomic E-state index is 14.7. The fourth-order valence-electron chi connectivity index (χ4n) is 2.53. The van der Waals surface area contributed by atoms with Crippen molar-refractivity contribution in [3.63, 3.8) is 0 Å². The van der Waals surface area contributed by atoms with E-state index in [9.17, 15) is 14.0 Å². The molecule has 1 aromatic rings. The van der Waals surface area contributed by atoms with Gasteiger partial charge in [-0.15, -0.1) is 0 Å². The van der Waals surface area contributed by atoms with Crippen LogP contribution in [0.2, 0.25) is 0 Å². The second-order valence-electron chi connectivity index (χ2n) is 5.60. The summed E-state index contributed by atoms with van der Waals surface area (Å²) >= 11 is 0. The zero-order chi connectivity index (χ0) is 17.7. The number of carbonyl (C=O) groups is 2. The molecule has 5 unspecified atom stereocenters. The molecular weight excluding hydrogens is 319 g/mol. The van der Waals surface area contributed by atoms with Gasteiger partial charge in [-0.25, -0.2) is 4.39 Å². The van der Waals surface area contributed by atoms with Crippen LogP contribution in [0.15, 0.2) is 30.3 Å². The number of hydrogen-bond donors (Lipinski definition) is 0. The number of ether oxygens (including phenoxy) is 4. The van der Waals surface area contributed by atoms with Gasteiger partial charge >= 0.3 is 11.9 Å². The molecule has 1 aromatic carbocycles. The topological polar surface area (TPSA) is 71.1 Å². The lowest BCUT2D eigenvalue weighted by molar-refractivity contribution is -0.286. The van der Waals surface area contributed by atoms with Crippen LogP contribution in [0.1, 0.15) is 26.3 Å². The third-order valence-electron chi connectivity index (χ3n) is 3.57. The maximum Gasteiger partial charge on any atom is 0.303 e. The van der Waals surface area contributed by atoms with Crippen LogP contribution < -0.4 is 0 Å². The minimum absolute atomic E-state index is 0.143. The highest BCUT2D eigenvalue weighted by atomic mass is 19.1. The lowest BCUT2D eigenvalue weighted by Gasteiger charge is -2.41. The lowest BCUT2D eigenvalue weighted by atomic mass is 10.00. The second-order valence-corrected chi connectivity index (χ2v) is 5.60. The van der Waals surface area contributed by atoms with E-state index in [2.05, 4.69) is 0 Å². The number of halogens is 1. The number of alkyl halides is 1. The van der Waals surface area contributed by atoms with Gasteiger partial charge in [0, 0.05) is 13.8 Å². The van der Waals surface area contributed by atoms with Crippen molar-refractivity contribution in [2.75, 3.05) is 0 Å². The summed E-state index contributed by atoms with van der Waals surface area (Å²) in [6.45, 7) is 4.11. The highest BCUT2D eigenvalue weighted by Crippen LogP contribution is 2.29. The quantitative estimate of drug-likeness (QED) is 0.765. The van der Waals surface area contributed by atoms with E-state index in [-0.39, 0.29) is 6.61 Å². The van der Waals surface area contributed by atoms with E-state index in [0.717, 1.165) is 12.5 Å². The number of hydrogen-bond acceptors (Lipinski definition) is 6. The second kappa shape index (κ2) is 8.21. The van der Waals surface area contributed by atoms with Crippen molar-refractivity contribution in [2.45, 2.75) is 58.2 Å². The normalized spacial score (nSPS) is 29.8. The first kappa shape index (κ1) is 18.4. The number of rotatable bonds is 5. The highest BCUT2D eigenvalue weighted by molar-refractivity contribution is 5.67. The van der Waals surface area contributed by atoms with Gasteiger partial charge in [0.25, 0.3) is 0 Å². The first-order valence-corrected chi connectivity index (χ1v) is 7.68. The van der Waals surface area contributed by atoms with Crippen molar-refractivity contribution in [3.05, 3.63) is 35.9 Å². The fourth-order valence-corrected chi connectivity index (χ4v) is 2.53. The standard InChI is InChI=1S/C17H21FO6/c1-10-15(23-11(2)19)16(24-12(3)20)14(18)17(22-10)21-9-13-7-5-4-6-8-13/h4-8,10,14-17H,9H2,1-3H3. The van der Waals surface area contributed by atoms with E-state index in [1.807, 2.05) is 30.3 Å². The van der Waals surface area contributed by atoms with Crippen LogP contribution in [0.3, 0.4) is 0 Å². The molecule has 1 aliphatic rings. The number of esters is 2. The van der Waals surface area contributed by atoms with Gasteiger partial charge < -0.3 is 18.9 Å².